The van der Waals surface area contributed by atoms with Crippen molar-refractivity contribution in [2.45, 2.75) is 33.2 Å². The van der Waals surface area contributed by atoms with Crippen molar-refractivity contribution in [1.82, 2.24) is 9.80 Å². The Morgan fingerprint density at radius 2 is 1.87 bits per heavy atom. The third kappa shape index (κ3) is 3.70. The van der Waals surface area contributed by atoms with Crippen LogP contribution in [0.2, 0.25) is 0 Å². The van der Waals surface area contributed by atoms with Crippen LogP contribution in [-0.2, 0) is 0 Å². The van der Waals surface area contributed by atoms with E-state index in [1.165, 1.54) is 0 Å². The molecule has 0 aromatic rings. The van der Waals surface area contributed by atoms with E-state index in [0.717, 1.165) is 45.1 Å². The number of rotatable bonds is 3. The van der Waals surface area contributed by atoms with Crippen molar-refractivity contribution in [1.29, 1.82) is 0 Å². The van der Waals surface area contributed by atoms with E-state index in [1.54, 1.807) is 0 Å². The van der Waals surface area contributed by atoms with Crippen LogP contribution >= 0.6 is 0 Å². The molecule has 0 spiro atoms. The average Bonchev–Trinajstić information content (AvgIpc) is 2.26. The second-order valence-corrected chi connectivity index (χ2v) is 4.36. The van der Waals surface area contributed by atoms with Crippen molar-refractivity contribution < 1.29 is 0 Å². The van der Waals surface area contributed by atoms with Gasteiger partial charge in [-0.3, -0.25) is 9.89 Å². The minimum absolute atomic E-state index is 0.640. The molecule has 4 heteroatoms. The first kappa shape index (κ1) is 12.3. The van der Waals surface area contributed by atoms with E-state index in [1.807, 2.05) is 0 Å². The highest BCUT2D eigenvalue weighted by Crippen LogP contribution is 2.05. The molecule has 0 saturated carbocycles. The van der Waals surface area contributed by atoms with Crippen molar-refractivity contribution in [3.8, 4) is 0 Å². The Balaban J connectivity index is 2.36. The first-order chi connectivity index (χ1) is 7.15. The third-order valence-corrected chi connectivity index (χ3v) is 2.87. The summed E-state index contributed by atoms with van der Waals surface area (Å²) < 4.78 is 0. The van der Waals surface area contributed by atoms with Gasteiger partial charge in [0.25, 0.3) is 0 Å². The van der Waals surface area contributed by atoms with Gasteiger partial charge in [-0.05, 0) is 20.3 Å². The SMILES string of the molecule is CCCN=C(N)N1CCN(C(C)C)CC1. The predicted molar refractivity (Wildman–Crippen MR) is 65.1 cm³/mol. The molecule has 88 valence electrons. The summed E-state index contributed by atoms with van der Waals surface area (Å²) in [5.41, 5.74) is 5.91. The molecule has 1 heterocycles. The van der Waals surface area contributed by atoms with Crippen LogP contribution in [-0.4, -0.2) is 54.5 Å². The number of piperazine rings is 1. The van der Waals surface area contributed by atoms with Gasteiger partial charge in [-0.2, -0.15) is 0 Å². The largest absolute Gasteiger partial charge is 0.370 e. The molecule has 0 radical (unpaired) electrons. The highest BCUT2D eigenvalue weighted by atomic mass is 15.3. The molecule has 0 aromatic heterocycles. The van der Waals surface area contributed by atoms with Gasteiger partial charge in [0.05, 0.1) is 0 Å². The summed E-state index contributed by atoms with van der Waals surface area (Å²) in [6.07, 6.45) is 1.06. The predicted octanol–water partition coefficient (Wildman–Crippen LogP) is 0.737. The van der Waals surface area contributed by atoms with Crippen LogP contribution in [0.15, 0.2) is 4.99 Å². The maximum atomic E-state index is 5.91. The molecule has 0 unspecified atom stereocenters. The van der Waals surface area contributed by atoms with E-state index < -0.39 is 0 Å². The zero-order valence-corrected chi connectivity index (χ0v) is 10.2. The van der Waals surface area contributed by atoms with Crippen molar-refractivity contribution in [3.63, 3.8) is 0 Å². The second kappa shape index (κ2) is 5.95. The zero-order valence-electron chi connectivity index (χ0n) is 10.2. The molecule has 1 saturated heterocycles. The Bertz CT molecular complexity index is 205. The molecule has 4 nitrogen and oxygen atoms in total. The molecule has 0 amide bonds. The highest BCUT2D eigenvalue weighted by molar-refractivity contribution is 5.78. The molecule has 1 fully saturated rings. The smallest absolute Gasteiger partial charge is 0.191 e. The number of hydrogen-bond acceptors (Lipinski definition) is 2. The third-order valence-electron chi connectivity index (χ3n) is 2.87. The average molecular weight is 212 g/mol. The van der Waals surface area contributed by atoms with Gasteiger partial charge in [-0.15, -0.1) is 0 Å². The zero-order chi connectivity index (χ0) is 11.3. The molecular weight excluding hydrogens is 188 g/mol. The molecule has 1 aliphatic heterocycles. The Morgan fingerprint density at radius 3 is 2.33 bits per heavy atom. The molecule has 0 atom stereocenters. The van der Waals surface area contributed by atoms with E-state index in [2.05, 4.69) is 35.6 Å². The Kier molecular flexibility index (Phi) is 4.88. The quantitative estimate of drug-likeness (QED) is 0.554. The monoisotopic (exact) mass is 212 g/mol. The maximum absolute atomic E-state index is 5.91. The fraction of sp³-hybridized carbons (Fsp3) is 0.909. The van der Waals surface area contributed by atoms with Crippen molar-refractivity contribution in [2.24, 2.45) is 10.7 Å². The summed E-state index contributed by atoms with van der Waals surface area (Å²) in [4.78, 5) is 9.00. The molecule has 2 N–H and O–H groups in total. The standard InChI is InChI=1S/C11H24N4/c1-4-5-13-11(12)15-8-6-14(7-9-15)10(2)3/h10H,4-9H2,1-3H3,(H2,12,13). The lowest BCUT2D eigenvalue weighted by molar-refractivity contribution is 0.148. The molecular formula is C11H24N4. The van der Waals surface area contributed by atoms with Gasteiger partial charge >= 0.3 is 0 Å². The topological polar surface area (TPSA) is 44.9 Å². The molecule has 0 aromatic carbocycles. The number of hydrogen-bond donors (Lipinski definition) is 1. The van der Waals surface area contributed by atoms with Gasteiger partial charge in [-0.1, -0.05) is 6.92 Å². The summed E-state index contributed by atoms with van der Waals surface area (Å²) in [6.45, 7) is 11.7. The van der Waals surface area contributed by atoms with E-state index >= 15 is 0 Å². The minimum atomic E-state index is 0.640. The van der Waals surface area contributed by atoms with Gasteiger partial charge in [0, 0.05) is 38.8 Å². The van der Waals surface area contributed by atoms with Gasteiger partial charge < -0.3 is 10.6 Å². The van der Waals surface area contributed by atoms with Crippen molar-refractivity contribution >= 4 is 5.96 Å². The summed E-state index contributed by atoms with van der Waals surface area (Å²) in [7, 11) is 0. The fourth-order valence-corrected chi connectivity index (χ4v) is 1.79. The fourth-order valence-electron chi connectivity index (χ4n) is 1.79. The summed E-state index contributed by atoms with van der Waals surface area (Å²) in [5.74, 6) is 0.722. The van der Waals surface area contributed by atoms with E-state index in [4.69, 9.17) is 5.73 Å². The summed E-state index contributed by atoms with van der Waals surface area (Å²) >= 11 is 0. The van der Waals surface area contributed by atoms with Gasteiger partial charge in [-0.25, -0.2) is 0 Å². The molecule has 1 rings (SSSR count). The van der Waals surface area contributed by atoms with E-state index in [9.17, 15) is 0 Å². The normalized spacial score (nSPS) is 20.0. The number of aliphatic imine (C=N–C) groups is 1. The van der Waals surface area contributed by atoms with Crippen molar-refractivity contribution in [2.75, 3.05) is 32.7 Å². The maximum Gasteiger partial charge on any atom is 0.191 e. The number of nitrogens with zero attached hydrogens (tertiary/aromatic N) is 3. The minimum Gasteiger partial charge on any atom is -0.370 e. The van der Waals surface area contributed by atoms with Crippen LogP contribution in [0.3, 0.4) is 0 Å². The van der Waals surface area contributed by atoms with Crippen molar-refractivity contribution in [3.05, 3.63) is 0 Å². The van der Waals surface area contributed by atoms with Crippen LogP contribution in [0.5, 0.6) is 0 Å². The Hall–Kier alpha value is -0.770. The number of guanidine groups is 1. The lowest BCUT2D eigenvalue weighted by Gasteiger charge is -2.37. The van der Waals surface area contributed by atoms with Gasteiger partial charge in [0.15, 0.2) is 5.96 Å². The van der Waals surface area contributed by atoms with E-state index in [0.29, 0.717) is 6.04 Å². The van der Waals surface area contributed by atoms with Crippen LogP contribution in [0, 0.1) is 0 Å². The van der Waals surface area contributed by atoms with Crippen LogP contribution in [0.25, 0.3) is 0 Å². The molecule has 15 heavy (non-hydrogen) atoms. The van der Waals surface area contributed by atoms with Gasteiger partial charge in [0.1, 0.15) is 0 Å². The van der Waals surface area contributed by atoms with Crippen LogP contribution in [0.1, 0.15) is 27.2 Å². The van der Waals surface area contributed by atoms with E-state index in [-0.39, 0.29) is 0 Å². The summed E-state index contributed by atoms with van der Waals surface area (Å²) in [6, 6.07) is 0.640. The highest BCUT2D eigenvalue weighted by Gasteiger charge is 2.19. The molecule has 0 bridgehead atoms. The molecule has 0 aliphatic carbocycles. The first-order valence-electron chi connectivity index (χ1n) is 5.94. The van der Waals surface area contributed by atoms with Gasteiger partial charge in [0.2, 0.25) is 0 Å². The van der Waals surface area contributed by atoms with Crippen LogP contribution < -0.4 is 5.73 Å². The Morgan fingerprint density at radius 1 is 1.27 bits per heavy atom. The first-order valence-corrected chi connectivity index (χ1v) is 5.94. The second-order valence-electron chi connectivity index (χ2n) is 4.36. The summed E-state index contributed by atoms with van der Waals surface area (Å²) in [5, 5.41) is 0. The van der Waals surface area contributed by atoms with Crippen LogP contribution in [0.4, 0.5) is 0 Å². The Labute approximate surface area is 93.1 Å². The number of nitrogens with two attached hydrogens (primary N) is 1. The molecule has 1 aliphatic rings. The lowest BCUT2D eigenvalue weighted by Crippen LogP contribution is -2.52. The lowest BCUT2D eigenvalue weighted by atomic mass is 10.2.